The number of anilines is 1. The fraction of sp³-hybridized carbons (Fsp3) is 0.0625. The predicted octanol–water partition coefficient (Wildman–Crippen LogP) is 4.25. The van der Waals surface area contributed by atoms with Gasteiger partial charge in [-0.3, -0.25) is 4.79 Å². The van der Waals surface area contributed by atoms with Crippen LogP contribution >= 0.6 is 39.1 Å². The molecule has 2 aromatic rings. The van der Waals surface area contributed by atoms with Crippen molar-refractivity contribution in [3.05, 3.63) is 49.9 Å². The van der Waals surface area contributed by atoms with Gasteiger partial charge in [-0.15, -0.1) is 5.10 Å². The first kappa shape index (κ1) is 17.7. The predicted molar refractivity (Wildman–Crippen MR) is 102 cm³/mol. The summed E-state index contributed by atoms with van der Waals surface area (Å²) in [6, 6.07) is 6.35. The standard InChI is InChI=1S/C16H10BrCl2N3O3/c1-25-12-3-7(2-10(17)15(12)23)6-20-22-14-9-4-8(18)5-11(19)13(9)21-16(14)24/h2-6,23H,1H3,(H,21,22,24). The van der Waals surface area contributed by atoms with Crippen LogP contribution in [0.5, 0.6) is 11.5 Å². The van der Waals surface area contributed by atoms with Crippen LogP contribution in [0.1, 0.15) is 11.1 Å². The monoisotopic (exact) mass is 441 g/mol. The molecular formula is C16H10BrCl2N3O3. The number of fused-ring (bicyclic) bond motifs is 1. The van der Waals surface area contributed by atoms with Gasteiger partial charge in [-0.1, -0.05) is 23.2 Å². The van der Waals surface area contributed by atoms with Gasteiger partial charge in [0, 0.05) is 10.6 Å². The third-order valence-electron chi connectivity index (χ3n) is 3.40. The second kappa shape index (κ2) is 7.03. The minimum atomic E-state index is -0.416. The Hall–Kier alpha value is -2.09. The Morgan fingerprint density at radius 2 is 2.04 bits per heavy atom. The highest BCUT2D eigenvalue weighted by Gasteiger charge is 2.28. The van der Waals surface area contributed by atoms with Gasteiger partial charge >= 0.3 is 0 Å². The number of nitrogens with zero attached hydrogens (tertiary/aromatic N) is 2. The highest BCUT2D eigenvalue weighted by atomic mass is 79.9. The third kappa shape index (κ3) is 3.49. The van der Waals surface area contributed by atoms with Crippen LogP contribution in [0, 0.1) is 0 Å². The van der Waals surface area contributed by atoms with Crippen molar-refractivity contribution >= 4 is 62.7 Å². The van der Waals surface area contributed by atoms with E-state index in [2.05, 4.69) is 31.4 Å². The van der Waals surface area contributed by atoms with Crippen LogP contribution in [-0.4, -0.2) is 30.0 Å². The van der Waals surface area contributed by atoms with Gasteiger partial charge in [-0.05, 0) is 45.8 Å². The van der Waals surface area contributed by atoms with Crippen LogP contribution in [0.2, 0.25) is 10.0 Å². The molecular weight excluding hydrogens is 433 g/mol. The van der Waals surface area contributed by atoms with E-state index >= 15 is 0 Å². The number of hydrogen-bond donors (Lipinski definition) is 2. The number of phenolic OH excluding ortho intramolecular Hbond substituents is 1. The lowest BCUT2D eigenvalue weighted by atomic mass is 10.1. The van der Waals surface area contributed by atoms with Crippen LogP contribution in [-0.2, 0) is 4.79 Å². The van der Waals surface area contributed by atoms with Gasteiger partial charge in [-0.2, -0.15) is 5.10 Å². The van der Waals surface area contributed by atoms with Gasteiger partial charge in [0.15, 0.2) is 17.2 Å². The summed E-state index contributed by atoms with van der Waals surface area (Å²) in [5, 5.41) is 21.1. The zero-order chi connectivity index (χ0) is 18.1. The molecule has 2 aromatic carbocycles. The number of amides is 1. The normalized spacial score (nSPS) is 14.9. The molecule has 0 spiro atoms. The molecule has 0 fully saturated rings. The molecule has 0 saturated carbocycles. The summed E-state index contributed by atoms with van der Waals surface area (Å²) in [6.07, 6.45) is 1.43. The summed E-state index contributed by atoms with van der Waals surface area (Å²) in [7, 11) is 1.44. The molecule has 0 aromatic heterocycles. The summed E-state index contributed by atoms with van der Waals surface area (Å²) in [5.74, 6) is -0.147. The van der Waals surface area contributed by atoms with Crippen molar-refractivity contribution in [2.75, 3.05) is 12.4 Å². The molecule has 0 saturated heterocycles. The molecule has 2 N–H and O–H groups in total. The Bertz CT molecular complexity index is 945. The minimum absolute atomic E-state index is 0.0145. The highest BCUT2D eigenvalue weighted by molar-refractivity contribution is 9.10. The maximum Gasteiger partial charge on any atom is 0.276 e. The molecule has 128 valence electrons. The molecule has 1 aliphatic heterocycles. The second-order valence-corrected chi connectivity index (χ2v) is 6.71. The number of rotatable bonds is 3. The van der Waals surface area contributed by atoms with Crippen molar-refractivity contribution in [2.45, 2.75) is 0 Å². The molecule has 0 aliphatic carbocycles. The van der Waals surface area contributed by atoms with E-state index in [1.54, 1.807) is 18.2 Å². The number of methoxy groups -OCH3 is 1. The van der Waals surface area contributed by atoms with E-state index in [0.29, 0.717) is 31.3 Å². The number of aromatic hydroxyl groups is 1. The van der Waals surface area contributed by atoms with Crippen molar-refractivity contribution in [1.82, 2.24) is 0 Å². The number of hydrogen-bond acceptors (Lipinski definition) is 5. The molecule has 1 aliphatic rings. The lowest BCUT2D eigenvalue weighted by Gasteiger charge is -2.05. The largest absolute Gasteiger partial charge is 0.503 e. The van der Waals surface area contributed by atoms with E-state index in [1.807, 2.05) is 0 Å². The van der Waals surface area contributed by atoms with Gasteiger partial charge in [-0.25, -0.2) is 0 Å². The number of benzene rings is 2. The fourth-order valence-electron chi connectivity index (χ4n) is 2.26. The third-order valence-corrected chi connectivity index (χ3v) is 4.52. The average molecular weight is 443 g/mol. The van der Waals surface area contributed by atoms with E-state index in [0.717, 1.165) is 0 Å². The van der Waals surface area contributed by atoms with E-state index in [1.165, 1.54) is 19.4 Å². The van der Waals surface area contributed by atoms with Crippen LogP contribution in [0.25, 0.3) is 0 Å². The summed E-state index contributed by atoms with van der Waals surface area (Å²) >= 11 is 15.3. The van der Waals surface area contributed by atoms with Crippen molar-refractivity contribution in [2.24, 2.45) is 10.2 Å². The van der Waals surface area contributed by atoms with Crippen LogP contribution < -0.4 is 10.1 Å². The first-order valence-electron chi connectivity index (χ1n) is 6.89. The number of carbonyl (C=O) groups is 1. The molecule has 9 heteroatoms. The molecule has 3 rings (SSSR count). The molecule has 0 bridgehead atoms. The average Bonchev–Trinajstić information content (AvgIpc) is 2.87. The zero-order valence-electron chi connectivity index (χ0n) is 12.7. The Morgan fingerprint density at radius 3 is 2.76 bits per heavy atom. The molecule has 1 heterocycles. The van der Waals surface area contributed by atoms with Crippen molar-refractivity contribution in [3.63, 3.8) is 0 Å². The molecule has 0 atom stereocenters. The quantitative estimate of drug-likeness (QED) is 0.550. The first-order chi connectivity index (χ1) is 11.9. The van der Waals surface area contributed by atoms with E-state index in [9.17, 15) is 9.90 Å². The number of nitrogens with one attached hydrogen (secondary N) is 1. The van der Waals surface area contributed by atoms with Crippen LogP contribution in [0.4, 0.5) is 5.69 Å². The topological polar surface area (TPSA) is 83.3 Å². The summed E-state index contributed by atoms with van der Waals surface area (Å²) in [6.45, 7) is 0. The smallest absolute Gasteiger partial charge is 0.276 e. The maximum atomic E-state index is 12.1. The zero-order valence-corrected chi connectivity index (χ0v) is 15.8. The maximum absolute atomic E-state index is 12.1. The van der Waals surface area contributed by atoms with Crippen molar-refractivity contribution in [3.8, 4) is 11.5 Å². The highest BCUT2D eigenvalue weighted by Crippen LogP contribution is 2.35. The van der Waals surface area contributed by atoms with Crippen LogP contribution in [0.15, 0.2) is 38.9 Å². The lowest BCUT2D eigenvalue weighted by molar-refractivity contribution is -0.110. The molecule has 25 heavy (non-hydrogen) atoms. The van der Waals surface area contributed by atoms with Gasteiger partial charge in [0.1, 0.15) is 0 Å². The van der Waals surface area contributed by atoms with E-state index in [-0.39, 0.29) is 17.2 Å². The van der Waals surface area contributed by atoms with Gasteiger partial charge in [0.2, 0.25) is 0 Å². The van der Waals surface area contributed by atoms with E-state index < -0.39 is 5.91 Å². The number of phenols is 1. The lowest BCUT2D eigenvalue weighted by Crippen LogP contribution is -2.13. The molecule has 0 radical (unpaired) electrons. The van der Waals surface area contributed by atoms with Gasteiger partial charge < -0.3 is 15.2 Å². The summed E-state index contributed by atoms with van der Waals surface area (Å²) in [5.41, 5.74) is 1.68. The Morgan fingerprint density at radius 1 is 1.28 bits per heavy atom. The number of halogens is 3. The Labute approximate surface area is 161 Å². The Balaban J connectivity index is 1.95. The summed E-state index contributed by atoms with van der Waals surface area (Å²) in [4.78, 5) is 12.1. The van der Waals surface area contributed by atoms with Gasteiger partial charge in [0.05, 0.1) is 28.5 Å². The van der Waals surface area contributed by atoms with Gasteiger partial charge in [0.25, 0.3) is 5.91 Å². The molecule has 1 amide bonds. The summed E-state index contributed by atoms with van der Waals surface area (Å²) < 4.78 is 5.51. The van der Waals surface area contributed by atoms with E-state index in [4.69, 9.17) is 27.9 Å². The molecule has 6 nitrogen and oxygen atoms in total. The van der Waals surface area contributed by atoms with Crippen molar-refractivity contribution in [1.29, 1.82) is 0 Å². The SMILES string of the molecule is COc1cc(C=NN=C2C(=O)Nc3c(Cl)cc(Cl)cc32)cc(Br)c1O. The number of ether oxygens (including phenoxy) is 1. The van der Waals surface area contributed by atoms with Crippen molar-refractivity contribution < 1.29 is 14.6 Å². The number of carbonyl (C=O) groups excluding carboxylic acids is 1. The molecule has 0 unspecified atom stereocenters. The second-order valence-electron chi connectivity index (χ2n) is 5.01. The minimum Gasteiger partial charge on any atom is -0.503 e. The first-order valence-corrected chi connectivity index (χ1v) is 8.44. The fourth-order valence-corrected chi connectivity index (χ4v) is 3.26. The van der Waals surface area contributed by atoms with Crippen LogP contribution in [0.3, 0.4) is 0 Å². The Kier molecular flexibility index (Phi) is 4.99.